The number of hydrogen-bond donors (Lipinski definition) is 0. The predicted octanol–water partition coefficient (Wildman–Crippen LogP) is 1.40. The van der Waals surface area contributed by atoms with E-state index in [4.69, 9.17) is 0 Å². The van der Waals surface area contributed by atoms with E-state index in [0.29, 0.717) is 0 Å². The minimum atomic E-state index is -0.113. The molecule has 0 rings (SSSR count). The molecule has 0 aromatic carbocycles. The van der Waals surface area contributed by atoms with Crippen molar-refractivity contribution in [3.05, 3.63) is 0 Å². The molecule has 10 heavy (non-hydrogen) atoms. The van der Waals surface area contributed by atoms with Crippen LogP contribution in [0.4, 0.5) is 0 Å². The van der Waals surface area contributed by atoms with E-state index in [1.165, 1.54) is 29.6 Å². The van der Waals surface area contributed by atoms with Gasteiger partial charge in [0.15, 0.2) is 0 Å². The summed E-state index contributed by atoms with van der Waals surface area (Å²) < 4.78 is 4.49. The van der Waals surface area contributed by atoms with Gasteiger partial charge < -0.3 is 0 Å². The molecule has 0 saturated heterocycles. The van der Waals surface area contributed by atoms with Crippen LogP contribution in [-0.2, 0) is 9.53 Å². The van der Waals surface area contributed by atoms with Gasteiger partial charge in [0, 0.05) is 0 Å². The predicted molar refractivity (Wildman–Crippen MR) is 48.9 cm³/mol. The van der Waals surface area contributed by atoms with Gasteiger partial charge in [-0.25, -0.2) is 0 Å². The van der Waals surface area contributed by atoms with Gasteiger partial charge in [-0.15, -0.1) is 37.2 Å². The van der Waals surface area contributed by atoms with Crippen molar-refractivity contribution in [1.82, 2.24) is 0 Å². The second-order valence-corrected chi connectivity index (χ2v) is 3.72. The fourth-order valence-corrected chi connectivity index (χ4v) is 0.513. The fraction of sp³-hybridized carbons (Fsp3) is 0.750. The van der Waals surface area contributed by atoms with Crippen molar-refractivity contribution in [3.63, 3.8) is 0 Å². The molecule has 0 aromatic rings. The molecule has 2 nitrogen and oxygen atoms in total. The maximum absolute atomic E-state index is 10.3. The molecule has 0 aromatic heterocycles. The summed E-state index contributed by atoms with van der Waals surface area (Å²) in [7, 11) is 1.41. The van der Waals surface area contributed by atoms with Crippen LogP contribution in [0.25, 0.3) is 0 Å². The molecule has 1 unspecified atom stereocenters. The van der Waals surface area contributed by atoms with Crippen molar-refractivity contribution in [1.29, 1.82) is 0 Å². The summed E-state index contributed by atoms with van der Waals surface area (Å²) in [5, 5.41) is 0. The maximum Gasteiger partial charge on any atom is -0.147 e. The first-order valence-corrected chi connectivity index (χ1v) is 3.62. The SMILES string of the molecule is COC(=O)[CH](C)[Sn].Cl.Cl.Cl. The summed E-state index contributed by atoms with van der Waals surface area (Å²) >= 11 is 1.21. The third-order valence-corrected chi connectivity index (χ3v) is 1.23. The quantitative estimate of drug-likeness (QED) is 0.540. The summed E-state index contributed by atoms with van der Waals surface area (Å²) in [6.45, 7) is 1.84. The van der Waals surface area contributed by atoms with Crippen molar-refractivity contribution >= 4 is 65.7 Å². The fourth-order valence-electron chi connectivity index (χ4n) is 0.177. The third-order valence-electron chi connectivity index (χ3n) is 0.555. The Balaban J connectivity index is -0.0000000600. The summed E-state index contributed by atoms with van der Waals surface area (Å²) in [6, 6.07) is 0. The van der Waals surface area contributed by atoms with Crippen molar-refractivity contribution < 1.29 is 9.53 Å². The molecular formula is C4H10Cl3O2Sn. The van der Waals surface area contributed by atoms with Crippen LogP contribution in [0.1, 0.15) is 6.92 Å². The first kappa shape index (κ1) is 22.5. The minimum Gasteiger partial charge on any atom is -0.147 e. The van der Waals surface area contributed by atoms with E-state index in [1.54, 1.807) is 0 Å². The number of ether oxygens (including phenoxy) is 1. The number of carbonyl (C=O) groups excluding carboxylic acids is 1. The number of halogens is 3. The standard InChI is InChI=1S/C4H7O2.3ClH.Sn/c1-3-4(5)6-2;;;;/h3H,1-2H3;3*1H;. The summed E-state index contributed by atoms with van der Waals surface area (Å²) in [5.74, 6) is -0.113. The molecule has 6 heteroatoms. The second kappa shape index (κ2) is 12.8. The van der Waals surface area contributed by atoms with E-state index in [1.807, 2.05) is 6.92 Å². The van der Waals surface area contributed by atoms with Crippen LogP contribution < -0.4 is 0 Å². The van der Waals surface area contributed by atoms with Crippen LogP contribution in [0.5, 0.6) is 0 Å². The van der Waals surface area contributed by atoms with E-state index in [9.17, 15) is 4.79 Å². The van der Waals surface area contributed by atoms with E-state index >= 15 is 0 Å². The number of rotatable bonds is 1. The topological polar surface area (TPSA) is 26.3 Å². The van der Waals surface area contributed by atoms with Gasteiger partial charge in [0.25, 0.3) is 0 Å². The van der Waals surface area contributed by atoms with E-state index in [2.05, 4.69) is 4.74 Å². The molecule has 0 saturated carbocycles. The van der Waals surface area contributed by atoms with Crippen molar-refractivity contribution in [2.75, 3.05) is 7.11 Å². The Kier molecular flexibility index (Phi) is 28.7. The molecule has 0 bridgehead atoms. The monoisotopic (exact) mass is 315 g/mol. The average Bonchev–Trinajstić information content (AvgIpc) is 1.65. The maximum atomic E-state index is 10.3. The molecule has 0 N–H and O–H groups in total. The Morgan fingerprint density at radius 1 is 1.40 bits per heavy atom. The first-order chi connectivity index (χ1) is 3.18. The molecule has 0 spiro atoms. The first-order valence-electron chi connectivity index (χ1n) is 1.97. The smallest absolute Gasteiger partial charge is 0.147 e. The molecule has 0 heterocycles. The van der Waals surface area contributed by atoms with Crippen molar-refractivity contribution in [2.24, 2.45) is 0 Å². The molecule has 0 aliphatic carbocycles. The molecule has 3 radical (unpaired) electrons. The summed E-state index contributed by atoms with van der Waals surface area (Å²) in [5.41, 5.74) is 0. The van der Waals surface area contributed by atoms with Crippen LogP contribution >= 0.6 is 37.2 Å². The number of hydrogen-bond acceptors (Lipinski definition) is 2. The zero-order valence-corrected chi connectivity index (χ0v) is 10.9. The van der Waals surface area contributed by atoms with Gasteiger partial charge in [0.1, 0.15) is 0 Å². The van der Waals surface area contributed by atoms with Crippen LogP contribution in [0.2, 0.25) is 3.93 Å². The Hall–Kier alpha value is 1.14. The normalized spacial score (nSPS) is 9.10. The molecule has 1 atom stereocenters. The Morgan fingerprint density at radius 2 is 1.70 bits per heavy atom. The number of esters is 1. The van der Waals surface area contributed by atoms with E-state index < -0.39 is 0 Å². The second-order valence-electron chi connectivity index (χ2n) is 1.24. The molecule has 0 fully saturated rings. The van der Waals surface area contributed by atoms with Crippen LogP contribution in [0, 0.1) is 0 Å². The van der Waals surface area contributed by atoms with Gasteiger partial charge in [-0.3, -0.25) is 0 Å². The van der Waals surface area contributed by atoms with Gasteiger partial charge in [0.05, 0.1) is 0 Å². The van der Waals surface area contributed by atoms with Crippen LogP contribution in [-0.4, -0.2) is 35.6 Å². The van der Waals surface area contributed by atoms with Gasteiger partial charge in [-0.2, -0.15) is 0 Å². The van der Waals surface area contributed by atoms with Gasteiger partial charge >= 0.3 is 56.0 Å². The van der Waals surface area contributed by atoms with E-state index in [-0.39, 0.29) is 47.1 Å². The number of methoxy groups -OCH3 is 1. The van der Waals surface area contributed by atoms with Gasteiger partial charge in [-0.05, 0) is 0 Å². The summed E-state index contributed by atoms with van der Waals surface area (Å²) in [6.07, 6.45) is 0. The number of carbonyl (C=O) groups is 1. The third kappa shape index (κ3) is 11.9. The Bertz CT molecular complexity index is 78.9. The van der Waals surface area contributed by atoms with Gasteiger partial charge in [0.2, 0.25) is 0 Å². The minimum absolute atomic E-state index is 0. The Morgan fingerprint density at radius 3 is 1.70 bits per heavy atom. The van der Waals surface area contributed by atoms with Crippen molar-refractivity contribution in [2.45, 2.75) is 10.9 Å². The van der Waals surface area contributed by atoms with Crippen LogP contribution in [0.3, 0.4) is 0 Å². The van der Waals surface area contributed by atoms with Gasteiger partial charge in [-0.1, -0.05) is 0 Å². The Labute approximate surface area is 92.8 Å². The molecule has 0 aliphatic rings. The molecule has 0 amide bonds. The largest absolute Gasteiger partial charge is 0.147 e. The zero-order valence-electron chi connectivity index (χ0n) is 5.62. The molecule has 63 valence electrons. The molecular weight excluding hydrogens is 305 g/mol. The van der Waals surface area contributed by atoms with Crippen LogP contribution in [0.15, 0.2) is 0 Å². The average molecular weight is 315 g/mol. The molecule has 0 aliphatic heterocycles. The van der Waals surface area contributed by atoms with E-state index in [0.717, 1.165) is 0 Å². The van der Waals surface area contributed by atoms with Crippen molar-refractivity contribution in [3.8, 4) is 0 Å². The zero-order chi connectivity index (χ0) is 5.86. The summed E-state index contributed by atoms with van der Waals surface area (Å²) in [4.78, 5) is 10.3.